The molecule has 1 aliphatic rings. The number of hydrogen-bond acceptors (Lipinski definition) is 1. The Kier molecular flexibility index (Phi) is 3.18. The summed E-state index contributed by atoms with van der Waals surface area (Å²) in [4.78, 5) is 12.1. The van der Waals surface area contributed by atoms with E-state index >= 15 is 0 Å². The van der Waals surface area contributed by atoms with Crippen LogP contribution in [0.25, 0.3) is 0 Å². The zero-order valence-corrected chi connectivity index (χ0v) is 9.42. The third-order valence-corrected chi connectivity index (χ3v) is 3.02. The number of rotatable bonds is 2. The Labute approximate surface area is 95.0 Å². The van der Waals surface area contributed by atoms with Crippen LogP contribution in [0, 0.1) is 12.7 Å². The van der Waals surface area contributed by atoms with Crippen LogP contribution in [0.4, 0.5) is 4.39 Å². The summed E-state index contributed by atoms with van der Waals surface area (Å²) in [7, 11) is 0. The molecule has 16 heavy (non-hydrogen) atoms. The Morgan fingerprint density at radius 1 is 1.31 bits per heavy atom. The molecule has 0 radical (unpaired) electrons. The van der Waals surface area contributed by atoms with Gasteiger partial charge in [-0.3, -0.25) is 4.79 Å². The molecule has 0 fully saturated rings. The predicted octanol–water partition coefficient (Wildman–Crippen LogP) is 3.82. The summed E-state index contributed by atoms with van der Waals surface area (Å²) in [5.74, 6) is -0.219. The molecule has 0 saturated heterocycles. The average Bonchev–Trinajstić information content (AvgIpc) is 2.29. The first-order chi connectivity index (χ1) is 7.68. The Hall–Kier alpha value is -1.44. The van der Waals surface area contributed by atoms with Crippen molar-refractivity contribution in [3.63, 3.8) is 0 Å². The van der Waals surface area contributed by atoms with E-state index in [1.54, 1.807) is 13.0 Å². The van der Waals surface area contributed by atoms with E-state index in [-0.39, 0.29) is 11.6 Å². The summed E-state index contributed by atoms with van der Waals surface area (Å²) in [6, 6.07) is 4.35. The zero-order chi connectivity index (χ0) is 11.5. The molecular weight excluding hydrogens is 203 g/mol. The molecule has 0 atom stereocenters. The molecule has 0 saturated carbocycles. The lowest BCUT2D eigenvalue weighted by molar-refractivity contribution is 0.102. The molecule has 2 rings (SSSR count). The number of carbonyl (C=O) groups excluding carboxylic acids is 1. The minimum absolute atomic E-state index is 0.0669. The molecule has 1 aromatic rings. The summed E-state index contributed by atoms with van der Waals surface area (Å²) in [6.45, 7) is 1.78. The SMILES string of the molecule is Cc1cc(F)ccc1C(=O)C1=CCCCC1. The van der Waals surface area contributed by atoms with Crippen molar-refractivity contribution < 1.29 is 9.18 Å². The monoisotopic (exact) mass is 218 g/mol. The van der Waals surface area contributed by atoms with Gasteiger partial charge in [-0.2, -0.15) is 0 Å². The Balaban J connectivity index is 2.30. The number of hydrogen-bond donors (Lipinski definition) is 0. The van der Waals surface area contributed by atoms with Crippen molar-refractivity contribution in [2.24, 2.45) is 0 Å². The molecule has 0 amide bonds. The fourth-order valence-corrected chi connectivity index (χ4v) is 2.10. The summed E-state index contributed by atoms with van der Waals surface area (Å²) in [5, 5.41) is 0. The van der Waals surface area contributed by atoms with Crippen molar-refractivity contribution in [2.75, 3.05) is 0 Å². The molecule has 0 N–H and O–H groups in total. The van der Waals surface area contributed by atoms with Gasteiger partial charge in [0.1, 0.15) is 5.82 Å². The van der Waals surface area contributed by atoms with Gasteiger partial charge in [-0.25, -0.2) is 4.39 Å². The first kappa shape index (κ1) is 11.1. The minimum atomic E-state index is -0.285. The summed E-state index contributed by atoms with van der Waals surface area (Å²) < 4.78 is 12.9. The molecule has 0 heterocycles. The third kappa shape index (κ3) is 2.21. The second-order valence-electron chi connectivity index (χ2n) is 4.26. The molecule has 0 aromatic heterocycles. The van der Waals surface area contributed by atoms with Crippen LogP contribution in [-0.4, -0.2) is 5.78 Å². The van der Waals surface area contributed by atoms with Crippen molar-refractivity contribution in [1.82, 2.24) is 0 Å². The van der Waals surface area contributed by atoms with Crippen molar-refractivity contribution in [1.29, 1.82) is 0 Å². The highest BCUT2D eigenvalue weighted by Gasteiger charge is 2.16. The van der Waals surface area contributed by atoms with Crippen molar-refractivity contribution >= 4 is 5.78 Å². The molecule has 84 valence electrons. The van der Waals surface area contributed by atoms with Gasteiger partial charge in [-0.1, -0.05) is 6.08 Å². The van der Waals surface area contributed by atoms with Crippen molar-refractivity contribution in [3.8, 4) is 0 Å². The molecule has 0 unspecified atom stereocenters. The van der Waals surface area contributed by atoms with E-state index in [4.69, 9.17) is 0 Å². The van der Waals surface area contributed by atoms with Gasteiger partial charge in [0, 0.05) is 5.56 Å². The summed E-state index contributed by atoms with van der Waals surface area (Å²) in [6.07, 6.45) is 6.11. The van der Waals surface area contributed by atoms with Gasteiger partial charge < -0.3 is 0 Å². The first-order valence-corrected chi connectivity index (χ1v) is 5.68. The number of carbonyl (C=O) groups is 1. The second kappa shape index (κ2) is 4.60. The van der Waals surface area contributed by atoms with E-state index in [0.29, 0.717) is 5.56 Å². The van der Waals surface area contributed by atoms with E-state index in [1.165, 1.54) is 18.6 Å². The fourth-order valence-electron chi connectivity index (χ4n) is 2.10. The van der Waals surface area contributed by atoms with E-state index in [2.05, 4.69) is 0 Å². The van der Waals surface area contributed by atoms with E-state index in [9.17, 15) is 9.18 Å². The zero-order valence-electron chi connectivity index (χ0n) is 9.42. The van der Waals surface area contributed by atoms with Crippen LogP contribution in [0.15, 0.2) is 29.8 Å². The number of benzene rings is 1. The van der Waals surface area contributed by atoms with Gasteiger partial charge in [0.05, 0.1) is 0 Å². The summed E-state index contributed by atoms with van der Waals surface area (Å²) >= 11 is 0. The molecule has 1 aliphatic carbocycles. The maximum atomic E-state index is 12.9. The standard InChI is InChI=1S/C14H15FO/c1-10-9-12(15)7-8-13(10)14(16)11-5-3-2-4-6-11/h5,7-9H,2-4,6H2,1H3. The number of Topliss-reactive ketones (excluding diaryl/α,β-unsaturated/α-hetero) is 1. The third-order valence-electron chi connectivity index (χ3n) is 3.02. The summed E-state index contributed by atoms with van der Waals surface area (Å²) in [5.41, 5.74) is 2.24. The predicted molar refractivity (Wildman–Crippen MR) is 62.0 cm³/mol. The molecule has 1 aromatic carbocycles. The first-order valence-electron chi connectivity index (χ1n) is 5.68. The highest BCUT2D eigenvalue weighted by Crippen LogP contribution is 2.23. The van der Waals surface area contributed by atoms with Crippen LogP contribution in [0.1, 0.15) is 41.6 Å². The number of halogens is 1. The van der Waals surface area contributed by atoms with Gasteiger partial charge in [-0.15, -0.1) is 0 Å². The lowest BCUT2D eigenvalue weighted by Crippen LogP contribution is -2.08. The second-order valence-corrected chi connectivity index (χ2v) is 4.26. The Morgan fingerprint density at radius 2 is 2.12 bits per heavy atom. The highest BCUT2D eigenvalue weighted by atomic mass is 19.1. The normalized spacial score (nSPS) is 15.8. The Bertz CT molecular complexity index is 446. The maximum Gasteiger partial charge on any atom is 0.188 e. The Morgan fingerprint density at radius 3 is 2.75 bits per heavy atom. The topological polar surface area (TPSA) is 17.1 Å². The quantitative estimate of drug-likeness (QED) is 0.690. The number of aryl methyl sites for hydroxylation is 1. The van der Waals surface area contributed by atoms with Crippen molar-refractivity contribution in [2.45, 2.75) is 32.6 Å². The smallest absolute Gasteiger partial charge is 0.188 e. The number of allylic oxidation sites excluding steroid dienone is 2. The molecular formula is C14H15FO. The van der Waals surface area contributed by atoms with Crippen LogP contribution in [0.3, 0.4) is 0 Å². The fraction of sp³-hybridized carbons (Fsp3) is 0.357. The highest BCUT2D eigenvalue weighted by molar-refractivity contribution is 6.09. The molecule has 0 bridgehead atoms. The molecule has 0 spiro atoms. The van der Waals surface area contributed by atoms with E-state index in [0.717, 1.165) is 30.4 Å². The lowest BCUT2D eigenvalue weighted by Gasteiger charge is -2.12. The van der Waals surface area contributed by atoms with E-state index < -0.39 is 0 Å². The average molecular weight is 218 g/mol. The van der Waals surface area contributed by atoms with Crippen LogP contribution in [-0.2, 0) is 0 Å². The molecule has 0 aliphatic heterocycles. The van der Waals surface area contributed by atoms with Gasteiger partial charge in [0.15, 0.2) is 5.78 Å². The number of ketones is 1. The van der Waals surface area contributed by atoms with Gasteiger partial charge in [0.2, 0.25) is 0 Å². The van der Waals surface area contributed by atoms with Gasteiger partial charge in [0.25, 0.3) is 0 Å². The van der Waals surface area contributed by atoms with Crippen LogP contribution < -0.4 is 0 Å². The maximum absolute atomic E-state index is 12.9. The molecule has 2 heteroatoms. The van der Waals surface area contributed by atoms with Crippen molar-refractivity contribution in [3.05, 3.63) is 46.8 Å². The van der Waals surface area contributed by atoms with Crippen LogP contribution in [0.2, 0.25) is 0 Å². The molecule has 1 nitrogen and oxygen atoms in total. The van der Waals surface area contributed by atoms with Crippen LogP contribution in [0.5, 0.6) is 0 Å². The van der Waals surface area contributed by atoms with Gasteiger partial charge in [-0.05, 0) is 61.9 Å². The lowest BCUT2D eigenvalue weighted by atomic mass is 9.91. The van der Waals surface area contributed by atoms with E-state index in [1.807, 2.05) is 6.08 Å². The van der Waals surface area contributed by atoms with Crippen LogP contribution >= 0.6 is 0 Å². The largest absolute Gasteiger partial charge is 0.289 e. The van der Waals surface area contributed by atoms with Gasteiger partial charge >= 0.3 is 0 Å². The minimum Gasteiger partial charge on any atom is -0.289 e.